The van der Waals surface area contributed by atoms with E-state index in [4.69, 9.17) is 0 Å². The fraction of sp³-hybridized carbons (Fsp3) is 0.833. The summed E-state index contributed by atoms with van der Waals surface area (Å²) in [6.45, 7) is 1.73. The molecule has 0 aromatic carbocycles. The number of nitrogens with one attached hydrogen (secondary N) is 2. The molecule has 2 atom stereocenters. The molecule has 5 nitrogen and oxygen atoms in total. The summed E-state index contributed by atoms with van der Waals surface area (Å²) in [7, 11) is 0. The van der Waals surface area contributed by atoms with E-state index in [2.05, 4.69) is 10.6 Å². The molecule has 0 radical (unpaired) electrons. The highest BCUT2D eigenvalue weighted by atomic mass is 32.2. The van der Waals surface area contributed by atoms with E-state index < -0.39 is 23.0 Å². The number of carbonyl (C=O) groups is 2. The van der Waals surface area contributed by atoms with E-state index in [0.29, 0.717) is 19.3 Å². The average Bonchev–Trinajstić information content (AvgIpc) is 2.33. The fourth-order valence-electron chi connectivity index (χ4n) is 2.51. The van der Waals surface area contributed by atoms with Crippen molar-refractivity contribution in [2.75, 3.05) is 12.3 Å². The Labute approximate surface area is 125 Å². The second kappa shape index (κ2) is 7.24. The van der Waals surface area contributed by atoms with E-state index in [-0.39, 0.29) is 30.0 Å². The summed E-state index contributed by atoms with van der Waals surface area (Å²) in [5, 5.41) is 14.0. The zero-order chi connectivity index (χ0) is 16.1. The predicted octanol–water partition coefficient (Wildman–Crippen LogP) is 2.57. The number of alkyl halides is 3. The number of halogens is 3. The van der Waals surface area contributed by atoms with Crippen LogP contribution in [0.25, 0.3) is 0 Å². The maximum atomic E-state index is 11.9. The smallest absolute Gasteiger partial charge is 0.441 e. The van der Waals surface area contributed by atoms with Crippen LogP contribution < -0.4 is 10.6 Å². The van der Waals surface area contributed by atoms with E-state index >= 15 is 0 Å². The van der Waals surface area contributed by atoms with Crippen LogP contribution in [0.1, 0.15) is 32.6 Å². The van der Waals surface area contributed by atoms with Gasteiger partial charge >= 0.3 is 17.5 Å². The Bertz CT molecular complexity index is 392. The highest BCUT2D eigenvalue weighted by Crippen LogP contribution is 2.32. The Morgan fingerprint density at radius 3 is 2.62 bits per heavy atom. The molecule has 0 spiro atoms. The molecule has 0 saturated heterocycles. The number of carboxylic acids is 1. The molecule has 2 amide bonds. The monoisotopic (exact) mass is 328 g/mol. The Morgan fingerprint density at radius 2 is 2.10 bits per heavy atom. The number of amides is 2. The molecule has 1 aliphatic rings. The fourth-order valence-corrected chi connectivity index (χ4v) is 2.94. The molecule has 3 N–H and O–H groups in total. The summed E-state index contributed by atoms with van der Waals surface area (Å²) in [5.41, 5.74) is -5.65. The molecule has 0 bridgehead atoms. The van der Waals surface area contributed by atoms with Crippen molar-refractivity contribution in [2.45, 2.75) is 43.7 Å². The topological polar surface area (TPSA) is 78.4 Å². The van der Waals surface area contributed by atoms with Crippen LogP contribution in [0.4, 0.5) is 18.0 Å². The molecule has 1 saturated carbocycles. The highest BCUT2D eigenvalue weighted by Gasteiger charge is 2.43. The van der Waals surface area contributed by atoms with Gasteiger partial charge in [-0.2, -0.15) is 13.2 Å². The lowest BCUT2D eigenvalue weighted by Gasteiger charge is -2.37. The van der Waals surface area contributed by atoms with E-state index in [9.17, 15) is 27.9 Å². The average molecular weight is 328 g/mol. The number of thioether (sulfide) groups is 1. The Morgan fingerprint density at radius 1 is 1.43 bits per heavy atom. The van der Waals surface area contributed by atoms with Crippen LogP contribution in [0.5, 0.6) is 0 Å². The van der Waals surface area contributed by atoms with Gasteiger partial charge in [0.25, 0.3) is 0 Å². The lowest BCUT2D eigenvalue weighted by molar-refractivity contribution is -0.146. The summed E-state index contributed by atoms with van der Waals surface area (Å²) in [4.78, 5) is 23.1. The lowest BCUT2D eigenvalue weighted by atomic mass is 9.76. The van der Waals surface area contributed by atoms with Crippen LogP contribution in [0.3, 0.4) is 0 Å². The Kier molecular flexibility index (Phi) is 6.18. The lowest BCUT2D eigenvalue weighted by Crippen LogP contribution is -2.59. The number of hydrogen-bond acceptors (Lipinski definition) is 3. The first-order valence-corrected chi connectivity index (χ1v) is 7.63. The minimum absolute atomic E-state index is 0.177. The summed E-state index contributed by atoms with van der Waals surface area (Å²) in [6, 6.07) is -0.741. The van der Waals surface area contributed by atoms with E-state index in [1.54, 1.807) is 0 Å². The molecule has 0 aromatic heterocycles. The van der Waals surface area contributed by atoms with Crippen molar-refractivity contribution < 1.29 is 27.9 Å². The van der Waals surface area contributed by atoms with Crippen molar-refractivity contribution in [3.05, 3.63) is 0 Å². The molecule has 2 unspecified atom stereocenters. The van der Waals surface area contributed by atoms with Crippen molar-refractivity contribution in [1.29, 1.82) is 0 Å². The van der Waals surface area contributed by atoms with E-state index in [0.717, 1.165) is 6.42 Å². The van der Waals surface area contributed by atoms with Gasteiger partial charge in [-0.3, -0.25) is 0 Å². The maximum Gasteiger partial charge on any atom is 0.441 e. The number of hydrogen-bond donors (Lipinski definition) is 3. The summed E-state index contributed by atoms with van der Waals surface area (Å²) in [5.74, 6) is -1.24. The van der Waals surface area contributed by atoms with Crippen LogP contribution in [0.15, 0.2) is 0 Å². The molecule has 0 aliphatic heterocycles. The minimum atomic E-state index is -4.33. The van der Waals surface area contributed by atoms with Gasteiger partial charge < -0.3 is 15.7 Å². The van der Waals surface area contributed by atoms with Gasteiger partial charge in [0.05, 0.1) is 0 Å². The minimum Gasteiger partial charge on any atom is -0.480 e. The predicted molar refractivity (Wildman–Crippen MR) is 73.0 cm³/mol. The molecular weight excluding hydrogens is 309 g/mol. The van der Waals surface area contributed by atoms with Gasteiger partial charge in [-0.25, -0.2) is 9.59 Å². The van der Waals surface area contributed by atoms with E-state index in [1.165, 1.54) is 0 Å². The van der Waals surface area contributed by atoms with Crippen molar-refractivity contribution in [2.24, 2.45) is 5.92 Å². The van der Waals surface area contributed by atoms with Crippen molar-refractivity contribution in [3.63, 3.8) is 0 Å². The summed E-state index contributed by atoms with van der Waals surface area (Å²) < 4.78 is 35.8. The molecule has 21 heavy (non-hydrogen) atoms. The van der Waals surface area contributed by atoms with Crippen LogP contribution >= 0.6 is 11.8 Å². The molecule has 122 valence electrons. The molecular formula is C12H19F3N2O3S. The van der Waals surface area contributed by atoms with Gasteiger partial charge in [0, 0.05) is 12.3 Å². The number of carbonyl (C=O) groups excluding carboxylic acids is 1. The van der Waals surface area contributed by atoms with Gasteiger partial charge in [-0.15, -0.1) is 0 Å². The number of urea groups is 1. The first-order chi connectivity index (χ1) is 9.65. The number of rotatable bonds is 5. The summed E-state index contributed by atoms with van der Waals surface area (Å²) >= 11 is -0.231. The first-order valence-electron chi connectivity index (χ1n) is 6.65. The standard InChI is InChI=1S/C12H19F3N2O3S/c1-8-3-2-4-11(7-8,9(18)19)17-10(20)16-5-6-21-12(13,14)15/h8H,2-7H2,1H3,(H,18,19)(H2,16,17,20). The Balaban J connectivity index is 2.45. The second-order valence-electron chi connectivity index (χ2n) is 5.26. The highest BCUT2D eigenvalue weighted by molar-refractivity contribution is 8.00. The van der Waals surface area contributed by atoms with E-state index in [1.807, 2.05) is 6.92 Å². The van der Waals surface area contributed by atoms with Crippen LogP contribution in [-0.2, 0) is 4.79 Å². The zero-order valence-corrected chi connectivity index (χ0v) is 12.4. The SMILES string of the molecule is CC1CCCC(NC(=O)NCCSC(F)(F)F)(C(=O)O)C1. The van der Waals surface area contributed by atoms with Crippen molar-refractivity contribution >= 4 is 23.8 Å². The normalized spacial score (nSPS) is 26.2. The van der Waals surface area contributed by atoms with Gasteiger partial charge in [0.2, 0.25) is 0 Å². The maximum absolute atomic E-state index is 11.9. The summed E-state index contributed by atoms with van der Waals surface area (Å²) in [6.07, 6.45) is 2.25. The third-order valence-corrected chi connectivity index (χ3v) is 4.15. The van der Waals surface area contributed by atoms with Crippen LogP contribution in [-0.4, -0.2) is 40.5 Å². The van der Waals surface area contributed by atoms with Gasteiger partial charge in [0.1, 0.15) is 5.54 Å². The van der Waals surface area contributed by atoms with Crippen molar-refractivity contribution in [1.82, 2.24) is 10.6 Å². The quantitative estimate of drug-likeness (QED) is 0.678. The van der Waals surface area contributed by atoms with Crippen molar-refractivity contribution in [3.8, 4) is 0 Å². The number of carboxylic acid groups (broad SMARTS) is 1. The molecule has 1 aliphatic carbocycles. The van der Waals surface area contributed by atoms with Gasteiger partial charge in [0.15, 0.2) is 0 Å². The van der Waals surface area contributed by atoms with Crippen LogP contribution in [0.2, 0.25) is 0 Å². The van der Waals surface area contributed by atoms with Crippen LogP contribution in [0, 0.1) is 5.92 Å². The largest absolute Gasteiger partial charge is 0.480 e. The number of aliphatic carboxylic acids is 1. The Hall–Kier alpha value is -1.12. The zero-order valence-electron chi connectivity index (χ0n) is 11.6. The molecule has 1 fully saturated rings. The third kappa shape index (κ3) is 6.03. The van der Waals surface area contributed by atoms with Gasteiger partial charge in [-0.1, -0.05) is 19.8 Å². The first kappa shape index (κ1) is 17.9. The molecule has 0 aromatic rings. The van der Waals surface area contributed by atoms with Gasteiger partial charge in [-0.05, 0) is 30.5 Å². The second-order valence-corrected chi connectivity index (χ2v) is 6.42. The third-order valence-electron chi connectivity index (χ3n) is 3.41. The molecule has 1 rings (SSSR count). The molecule has 9 heteroatoms. The molecule has 0 heterocycles.